The van der Waals surface area contributed by atoms with Gasteiger partial charge in [-0.2, -0.15) is 0 Å². The second-order valence-corrected chi connectivity index (χ2v) is 5.40. The summed E-state index contributed by atoms with van der Waals surface area (Å²) in [5, 5.41) is 2.87. The van der Waals surface area contributed by atoms with Crippen molar-refractivity contribution in [3.05, 3.63) is 35.1 Å². The fraction of sp³-hybridized carbons (Fsp3) is 0.500. The van der Waals surface area contributed by atoms with Gasteiger partial charge in [0.15, 0.2) is 0 Å². The first kappa shape index (κ1) is 15.4. The number of aryl methyl sites for hydroxylation is 1. The van der Waals surface area contributed by atoms with Crippen molar-refractivity contribution < 1.29 is 9.18 Å². The normalized spacial score (nSPS) is 10.4. The molecule has 0 unspecified atom stereocenters. The van der Waals surface area contributed by atoms with Gasteiger partial charge in [0.05, 0.1) is 0 Å². The second-order valence-electron chi connectivity index (χ2n) is 4.32. The standard InChI is InChI=1S/C14H19FINO/c1-11-10-12(15)6-7-13(11)14(18)17-9-5-3-2-4-8-16/h6-7,10H,2-5,8-9H2,1H3,(H,17,18). The molecular weight excluding hydrogens is 344 g/mol. The highest BCUT2D eigenvalue weighted by Gasteiger charge is 2.08. The van der Waals surface area contributed by atoms with Crippen molar-refractivity contribution in [2.75, 3.05) is 11.0 Å². The van der Waals surface area contributed by atoms with Gasteiger partial charge in [-0.3, -0.25) is 4.79 Å². The van der Waals surface area contributed by atoms with E-state index >= 15 is 0 Å². The van der Waals surface area contributed by atoms with Crippen molar-refractivity contribution in [2.24, 2.45) is 0 Å². The molecule has 1 N–H and O–H groups in total. The molecule has 100 valence electrons. The van der Waals surface area contributed by atoms with E-state index in [1.54, 1.807) is 6.92 Å². The fourth-order valence-electron chi connectivity index (χ4n) is 1.75. The Kier molecular flexibility index (Phi) is 7.23. The summed E-state index contributed by atoms with van der Waals surface area (Å²) in [7, 11) is 0. The van der Waals surface area contributed by atoms with Crippen LogP contribution in [0.5, 0.6) is 0 Å². The molecule has 0 saturated carbocycles. The molecule has 0 radical (unpaired) electrons. The average molecular weight is 363 g/mol. The lowest BCUT2D eigenvalue weighted by atomic mass is 10.1. The van der Waals surface area contributed by atoms with Crippen LogP contribution in [0.1, 0.15) is 41.6 Å². The number of rotatable bonds is 7. The minimum absolute atomic E-state index is 0.110. The molecule has 1 aromatic carbocycles. The Morgan fingerprint density at radius 1 is 1.28 bits per heavy atom. The Labute approximate surface area is 121 Å². The number of carbonyl (C=O) groups excluding carboxylic acids is 1. The van der Waals surface area contributed by atoms with E-state index in [0.29, 0.717) is 17.7 Å². The van der Waals surface area contributed by atoms with Crippen LogP contribution in [-0.2, 0) is 0 Å². The molecule has 4 heteroatoms. The molecule has 18 heavy (non-hydrogen) atoms. The molecule has 0 saturated heterocycles. The number of halogens is 2. The third kappa shape index (κ3) is 5.33. The van der Waals surface area contributed by atoms with E-state index in [0.717, 1.165) is 12.8 Å². The molecule has 0 aliphatic rings. The summed E-state index contributed by atoms with van der Waals surface area (Å²) in [5.74, 6) is -0.413. The first-order valence-electron chi connectivity index (χ1n) is 6.25. The predicted octanol–water partition coefficient (Wildman–Crippen LogP) is 3.86. The van der Waals surface area contributed by atoms with Crippen molar-refractivity contribution in [3.8, 4) is 0 Å². The summed E-state index contributed by atoms with van der Waals surface area (Å²) in [5.41, 5.74) is 1.24. The molecule has 0 aliphatic carbocycles. The van der Waals surface area contributed by atoms with Crippen molar-refractivity contribution in [3.63, 3.8) is 0 Å². The Hall–Kier alpha value is -0.650. The van der Waals surface area contributed by atoms with Gasteiger partial charge in [-0.1, -0.05) is 35.4 Å². The lowest BCUT2D eigenvalue weighted by Crippen LogP contribution is -2.25. The van der Waals surface area contributed by atoms with Crippen LogP contribution in [0.3, 0.4) is 0 Å². The van der Waals surface area contributed by atoms with Gasteiger partial charge in [0.1, 0.15) is 5.82 Å². The zero-order valence-corrected chi connectivity index (χ0v) is 12.8. The molecule has 0 fully saturated rings. The lowest BCUT2D eigenvalue weighted by molar-refractivity contribution is 0.0952. The molecule has 1 aromatic rings. The summed E-state index contributed by atoms with van der Waals surface area (Å²) >= 11 is 2.37. The number of hydrogen-bond acceptors (Lipinski definition) is 1. The molecule has 2 nitrogen and oxygen atoms in total. The molecule has 0 aromatic heterocycles. The molecule has 0 atom stereocenters. The molecule has 0 spiro atoms. The summed E-state index contributed by atoms with van der Waals surface area (Å²) in [4.78, 5) is 11.8. The predicted molar refractivity (Wildman–Crippen MR) is 80.8 cm³/mol. The highest BCUT2D eigenvalue weighted by Crippen LogP contribution is 2.10. The van der Waals surface area contributed by atoms with Gasteiger partial charge in [0, 0.05) is 12.1 Å². The quantitative estimate of drug-likeness (QED) is 0.445. The van der Waals surface area contributed by atoms with Crippen LogP contribution in [0.15, 0.2) is 18.2 Å². The smallest absolute Gasteiger partial charge is 0.251 e. The van der Waals surface area contributed by atoms with Gasteiger partial charge in [-0.25, -0.2) is 4.39 Å². The van der Waals surface area contributed by atoms with Gasteiger partial charge in [-0.15, -0.1) is 0 Å². The summed E-state index contributed by atoms with van der Waals surface area (Å²) in [6.45, 7) is 2.44. The van der Waals surface area contributed by atoms with E-state index in [1.807, 2.05) is 0 Å². The van der Waals surface area contributed by atoms with Crippen LogP contribution in [0, 0.1) is 12.7 Å². The van der Waals surface area contributed by atoms with Gasteiger partial charge >= 0.3 is 0 Å². The summed E-state index contributed by atoms with van der Waals surface area (Å²) < 4.78 is 14.1. The number of hydrogen-bond donors (Lipinski definition) is 1. The van der Waals surface area contributed by atoms with E-state index in [2.05, 4.69) is 27.9 Å². The minimum Gasteiger partial charge on any atom is -0.352 e. The maximum absolute atomic E-state index is 12.9. The van der Waals surface area contributed by atoms with E-state index < -0.39 is 0 Å². The maximum Gasteiger partial charge on any atom is 0.251 e. The molecule has 1 amide bonds. The highest BCUT2D eigenvalue weighted by atomic mass is 127. The number of carbonyl (C=O) groups is 1. The van der Waals surface area contributed by atoms with Gasteiger partial charge < -0.3 is 5.32 Å². The SMILES string of the molecule is Cc1cc(F)ccc1C(=O)NCCCCCCI. The second kappa shape index (κ2) is 8.45. The van der Waals surface area contributed by atoms with Crippen molar-refractivity contribution in [2.45, 2.75) is 32.6 Å². The minimum atomic E-state index is -0.303. The van der Waals surface area contributed by atoms with Crippen molar-refractivity contribution in [1.82, 2.24) is 5.32 Å². The number of alkyl halides is 1. The first-order valence-corrected chi connectivity index (χ1v) is 7.78. The third-order valence-corrected chi connectivity index (χ3v) is 3.54. The van der Waals surface area contributed by atoms with Crippen LogP contribution in [0.4, 0.5) is 4.39 Å². The lowest BCUT2D eigenvalue weighted by Gasteiger charge is -2.07. The Bertz CT molecular complexity index is 395. The maximum atomic E-state index is 12.9. The summed E-state index contributed by atoms with van der Waals surface area (Å²) in [6.07, 6.45) is 4.61. The fourth-order valence-corrected chi connectivity index (χ4v) is 2.29. The summed E-state index contributed by atoms with van der Waals surface area (Å²) in [6, 6.07) is 4.24. The molecule has 0 aliphatic heterocycles. The number of benzene rings is 1. The van der Waals surface area contributed by atoms with Crippen LogP contribution < -0.4 is 5.32 Å². The molecule has 1 rings (SSSR count). The van der Waals surface area contributed by atoms with E-state index in [4.69, 9.17) is 0 Å². The third-order valence-electron chi connectivity index (χ3n) is 2.78. The zero-order valence-electron chi connectivity index (χ0n) is 10.6. The Balaban J connectivity index is 2.32. The topological polar surface area (TPSA) is 29.1 Å². The highest BCUT2D eigenvalue weighted by molar-refractivity contribution is 14.1. The van der Waals surface area contributed by atoms with E-state index in [1.165, 1.54) is 35.5 Å². The van der Waals surface area contributed by atoms with Crippen molar-refractivity contribution >= 4 is 28.5 Å². The zero-order chi connectivity index (χ0) is 13.4. The number of unbranched alkanes of at least 4 members (excludes halogenated alkanes) is 3. The van der Waals surface area contributed by atoms with Gasteiger partial charge in [0.2, 0.25) is 0 Å². The van der Waals surface area contributed by atoms with Crippen LogP contribution in [0.2, 0.25) is 0 Å². The monoisotopic (exact) mass is 363 g/mol. The Morgan fingerprint density at radius 3 is 2.67 bits per heavy atom. The first-order chi connectivity index (χ1) is 8.65. The number of nitrogens with one attached hydrogen (secondary N) is 1. The van der Waals surface area contributed by atoms with Crippen LogP contribution in [-0.4, -0.2) is 16.9 Å². The van der Waals surface area contributed by atoms with Crippen LogP contribution in [0.25, 0.3) is 0 Å². The largest absolute Gasteiger partial charge is 0.352 e. The molecule has 0 bridgehead atoms. The van der Waals surface area contributed by atoms with E-state index in [9.17, 15) is 9.18 Å². The van der Waals surface area contributed by atoms with Crippen molar-refractivity contribution in [1.29, 1.82) is 0 Å². The van der Waals surface area contributed by atoms with Gasteiger partial charge in [-0.05, 0) is 48.0 Å². The Morgan fingerprint density at radius 2 is 2.00 bits per heavy atom. The molecular formula is C14H19FINO. The van der Waals surface area contributed by atoms with Gasteiger partial charge in [0.25, 0.3) is 5.91 Å². The van der Waals surface area contributed by atoms with Crippen LogP contribution >= 0.6 is 22.6 Å². The van der Waals surface area contributed by atoms with E-state index in [-0.39, 0.29) is 11.7 Å². The number of amides is 1. The average Bonchev–Trinajstić information content (AvgIpc) is 2.33. The molecule has 0 heterocycles.